The highest BCUT2D eigenvalue weighted by molar-refractivity contribution is 7.98. The SMILES string of the molecule is CNC(Cc1ccsc1)c1cc2c(s1)CCSC2. The summed E-state index contributed by atoms with van der Waals surface area (Å²) in [5.74, 6) is 2.50. The maximum Gasteiger partial charge on any atom is 0.0453 e. The summed E-state index contributed by atoms with van der Waals surface area (Å²) in [6.45, 7) is 0. The Morgan fingerprint density at radius 3 is 3.11 bits per heavy atom. The van der Waals surface area contributed by atoms with E-state index < -0.39 is 0 Å². The van der Waals surface area contributed by atoms with Gasteiger partial charge in [0, 0.05) is 21.5 Å². The van der Waals surface area contributed by atoms with Gasteiger partial charge in [0.05, 0.1) is 0 Å². The Morgan fingerprint density at radius 2 is 2.39 bits per heavy atom. The summed E-state index contributed by atoms with van der Waals surface area (Å²) in [7, 11) is 2.07. The molecule has 1 N–H and O–H groups in total. The number of fused-ring (bicyclic) bond motifs is 1. The minimum atomic E-state index is 0.472. The fraction of sp³-hybridized carbons (Fsp3) is 0.429. The Bertz CT molecular complexity index is 478. The molecule has 2 aromatic heterocycles. The molecule has 2 aromatic rings. The monoisotopic (exact) mass is 295 g/mol. The van der Waals surface area contributed by atoms with Crippen LogP contribution in [0.2, 0.25) is 0 Å². The van der Waals surface area contributed by atoms with Crippen LogP contribution in [0.3, 0.4) is 0 Å². The molecule has 0 spiro atoms. The van der Waals surface area contributed by atoms with Crippen LogP contribution in [0.15, 0.2) is 22.9 Å². The molecule has 1 nitrogen and oxygen atoms in total. The lowest BCUT2D eigenvalue weighted by Gasteiger charge is -2.13. The molecule has 18 heavy (non-hydrogen) atoms. The van der Waals surface area contributed by atoms with Crippen LogP contribution < -0.4 is 5.32 Å². The van der Waals surface area contributed by atoms with Crippen molar-refractivity contribution < 1.29 is 0 Å². The summed E-state index contributed by atoms with van der Waals surface area (Å²) in [5, 5.41) is 7.90. The first-order chi connectivity index (χ1) is 8.86. The van der Waals surface area contributed by atoms with Crippen LogP contribution >= 0.6 is 34.4 Å². The summed E-state index contributed by atoms with van der Waals surface area (Å²) in [6.07, 6.45) is 2.37. The lowest BCUT2D eigenvalue weighted by atomic mass is 10.1. The molecule has 1 aliphatic rings. The molecule has 1 aliphatic heterocycles. The van der Waals surface area contributed by atoms with Crippen molar-refractivity contribution in [2.24, 2.45) is 0 Å². The van der Waals surface area contributed by atoms with Crippen molar-refractivity contribution >= 4 is 34.4 Å². The highest BCUT2D eigenvalue weighted by Gasteiger charge is 2.18. The number of nitrogens with one attached hydrogen (secondary N) is 1. The molecule has 0 bridgehead atoms. The smallest absolute Gasteiger partial charge is 0.0453 e. The van der Waals surface area contributed by atoms with Crippen molar-refractivity contribution in [3.8, 4) is 0 Å². The molecule has 3 heterocycles. The molecule has 4 heteroatoms. The minimum Gasteiger partial charge on any atom is -0.312 e. The van der Waals surface area contributed by atoms with Gasteiger partial charge in [-0.05, 0) is 59.7 Å². The second-order valence-electron chi connectivity index (χ2n) is 4.58. The molecule has 0 aliphatic carbocycles. The summed E-state index contributed by atoms with van der Waals surface area (Å²) < 4.78 is 0. The van der Waals surface area contributed by atoms with Gasteiger partial charge < -0.3 is 5.32 Å². The second-order valence-corrected chi connectivity index (χ2v) is 7.63. The van der Waals surface area contributed by atoms with Gasteiger partial charge in [0.25, 0.3) is 0 Å². The molecule has 1 unspecified atom stereocenters. The largest absolute Gasteiger partial charge is 0.312 e. The van der Waals surface area contributed by atoms with E-state index >= 15 is 0 Å². The maximum absolute atomic E-state index is 3.47. The van der Waals surface area contributed by atoms with E-state index in [0.717, 1.165) is 6.42 Å². The number of likely N-dealkylation sites (N-methyl/N-ethyl adjacent to an activating group) is 1. The van der Waals surface area contributed by atoms with Crippen LogP contribution in [0.1, 0.15) is 26.9 Å². The van der Waals surface area contributed by atoms with E-state index in [1.165, 1.54) is 28.4 Å². The number of thiophene rings is 2. The van der Waals surface area contributed by atoms with Gasteiger partial charge in [0.2, 0.25) is 0 Å². The molecule has 0 aromatic carbocycles. The van der Waals surface area contributed by atoms with E-state index in [2.05, 4.69) is 47.0 Å². The van der Waals surface area contributed by atoms with Crippen LogP contribution in [0, 0.1) is 0 Å². The Hall–Kier alpha value is -0.290. The van der Waals surface area contributed by atoms with Gasteiger partial charge in [-0.1, -0.05) is 0 Å². The molecule has 3 rings (SSSR count). The zero-order chi connectivity index (χ0) is 12.4. The van der Waals surface area contributed by atoms with E-state index in [9.17, 15) is 0 Å². The average molecular weight is 295 g/mol. The molecular weight excluding hydrogens is 278 g/mol. The first-order valence-electron chi connectivity index (χ1n) is 6.24. The van der Waals surface area contributed by atoms with Crippen molar-refractivity contribution in [1.82, 2.24) is 5.32 Å². The van der Waals surface area contributed by atoms with Crippen LogP contribution in [-0.4, -0.2) is 12.8 Å². The van der Waals surface area contributed by atoms with Crippen molar-refractivity contribution in [1.29, 1.82) is 0 Å². The summed E-state index contributed by atoms with van der Waals surface area (Å²) in [4.78, 5) is 3.13. The Kier molecular flexibility index (Phi) is 4.09. The molecule has 96 valence electrons. The van der Waals surface area contributed by atoms with Gasteiger partial charge in [-0.15, -0.1) is 11.3 Å². The fourth-order valence-corrected chi connectivity index (χ4v) is 5.50. The third-order valence-corrected chi connectivity index (χ3v) is 6.45. The summed E-state index contributed by atoms with van der Waals surface area (Å²) in [6, 6.07) is 5.14. The summed E-state index contributed by atoms with van der Waals surface area (Å²) in [5.41, 5.74) is 3.02. The number of hydrogen-bond donors (Lipinski definition) is 1. The molecule has 0 saturated carbocycles. The maximum atomic E-state index is 3.47. The molecule has 1 atom stereocenters. The van der Waals surface area contributed by atoms with Crippen molar-refractivity contribution in [3.05, 3.63) is 43.8 Å². The van der Waals surface area contributed by atoms with Gasteiger partial charge >= 0.3 is 0 Å². The lowest BCUT2D eigenvalue weighted by Crippen LogP contribution is -2.17. The predicted molar refractivity (Wildman–Crippen MR) is 84.0 cm³/mol. The normalized spacial score (nSPS) is 16.5. The highest BCUT2D eigenvalue weighted by atomic mass is 32.2. The number of rotatable bonds is 4. The zero-order valence-corrected chi connectivity index (χ0v) is 12.9. The average Bonchev–Trinajstić information content (AvgIpc) is 3.04. The van der Waals surface area contributed by atoms with Crippen molar-refractivity contribution in [3.63, 3.8) is 0 Å². The summed E-state index contributed by atoms with van der Waals surface area (Å²) >= 11 is 5.87. The Balaban J connectivity index is 1.80. The molecule has 0 radical (unpaired) electrons. The molecule has 0 saturated heterocycles. The van der Waals surface area contributed by atoms with Gasteiger partial charge in [-0.2, -0.15) is 23.1 Å². The first-order valence-corrected chi connectivity index (χ1v) is 9.16. The topological polar surface area (TPSA) is 12.0 Å². The Labute approximate surface area is 121 Å². The third-order valence-electron chi connectivity index (χ3n) is 3.36. The van der Waals surface area contributed by atoms with Gasteiger partial charge in [-0.3, -0.25) is 0 Å². The Morgan fingerprint density at radius 1 is 1.44 bits per heavy atom. The number of thioether (sulfide) groups is 1. The van der Waals surface area contributed by atoms with E-state index in [4.69, 9.17) is 0 Å². The molecule has 0 amide bonds. The van der Waals surface area contributed by atoms with Crippen LogP contribution in [0.5, 0.6) is 0 Å². The van der Waals surface area contributed by atoms with Gasteiger partial charge in [-0.25, -0.2) is 0 Å². The van der Waals surface area contributed by atoms with Crippen LogP contribution in [0.25, 0.3) is 0 Å². The zero-order valence-electron chi connectivity index (χ0n) is 10.4. The number of aryl methyl sites for hydroxylation is 1. The van der Waals surface area contributed by atoms with Crippen LogP contribution in [-0.2, 0) is 18.6 Å². The lowest BCUT2D eigenvalue weighted by molar-refractivity contribution is 0.603. The number of hydrogen-bond acceptors (Lipinski definition) is 4. The molecule has 0 fully saturated rings. The van der Waals surface area contributed by atoms with E-state index in [1.807, 2.05) is 11.3 Å². The van der Waals surface area contributed by atoms with E-state index in [1.54, 1.807) is 21.8 Å². The predicted octanol–water partition coefficient (Wildman–Crippen LogP) is 4.10. The second kappa shape index (κ2) is 5.78. The quantitative estimate of drug-likeness (QED) is 0.911. The van der Waals surface area contributed by atoms with E-state index in [0.29, 0.717) is 6.04 Å². The first kappa shape index (κ1) is 12.7. The van der Waals surface area contributed by atoms with Crippen molar-refractivity contribution in [2.45, 2.75) is 24.6 Å². The standard InChI is InChI=1S/C14H17NS3/c1-15-12(6-10-2-4-16-8-10)14-7-11-9-17-5-3-13(11)18-14/h2,4,7-8,12,15H,3,5-6,9H2,1H3. The van der Waals surface area contributed by atoms with Crippen LogP contribution in [0.4, 0.5) is 0 Å². The highest BCUT2D eigenvalue weighted by Crippen LogP contribution is 2.35. The van der Waals surface area contributed by atoms with Gasteiger partial charge in [0.1, 0.15) is 0 Å². The van der Waals surface area contributed by atoms with Crippen molar-refractivity contribution in [2.75, 3.05) is 12.8 Å². The fourth-order valence-electron chi connectivity index (χ4n) is 2.33. The third kappa shape index (κ3) is 2.67. The van der Waals surface area contributed by atoms with E-state index in [-0.39, 0.29) is 0 Å². The van der Waals surface area contributed by atoms with Gasteiger partial charge in [0.15, 0.2) is 0 Å². The minimum absolute atomic E-state index is 0.472. The molecular formula is C14H17NS3.